The van der Waals surface area contributed by atoms with Crippen molar-refractivity contribution in [1.82, 2.24) is 4.98 Å². The molecule has 21 heavy (non-hydrogen) atoms. The van der Waals surface area contributed by atoms with Gasteiger partial charge in [0.2, 0.25) is 0 Å². The third-order valence-electron chi connectivity index (χ3n) is 2.99. The maximum atomic E-state index is 12.8. The molecular weight excluding hydrogens is 302 g/mol. The number of nitrogens with two attached hydrogens (primary N) is 1. The summed E-state index contributed by atoms with van der Waals surface area (Å²) >= 11 is 6.34. The Morgan fingerprint density at radius 3 is 2.52 bits per heavy atom. The Bertz CT molecular complexity index is 652. The van der Waals surface area contributed by atoms with Gasteiger partial charge in [-0.25, -0.2) is 4.98 Å². The summed E-state index contributed by atoms with van der Waals surface area (Å²) < 4.78 is 0. The molecule has 1 aromatic heterocycles. The zero-order chi connectivity index (χ0) is 15.4. The first-order valence-electron chi connectivity index (χ1n) is 6.58. The van der Waals surface area contributed by atoms with Crippen LogP contribution in [0.4, 0.5) is 5.69 Å². The molecule has 2 rings (SSSR count). The molecule has 2 aromatic rings. The highest BCUT2D eigenvalue weighted by atomic mass is 32.1. The summed E-state index contributed by atoms with van der Waals surface area (Å²) in [5.41, 5.74) is 7.18. The minimum Gasteiger partial charge on any atom is -0.393 e. The van der Waals surface area contributed by atoms with Gasteiger partial charge in [0.1, 0.15) is 4.88 Å². The van der Waals surface area contributed by atoms with Crippen molar-refractivity contribution in [2.45, 2.75) is 20.3 Å². The summed E-state index contributed by atoms with van der Waals surface area (Å²) in [6.07, 6.45) is 0.493. The smallest absolute Gasteiger partial charge is 0.270 e. The van der Waals surface area contributed by atoms with E-state index < -0.39 is 0 Å². The largest absolute Gasteiger partial charge is 0.393 e. The maximum absolute atomic E-state index is 12.8. The molecule has 0 saturated carbocycles. The topological polar surface area (TPSA) is 59.2 Å². The second kappa shape index (κ2) is 6.78. The van der Waals surface area contributed by atoms with Crippen molar-refractivity contribution >= 4 is 40.1 Å². The lowest BCUT2D eigenvalue weighted by Crippen LogP contribution is -2.33. The van der Waals surface area contributed by atoms with Crippen molar-refractivity contribution in [2.24, 2.45) is 5.73 Å². The zero-order valence-corrected chi connectivity index (χ0v) is 13.6. The molecular formula is C15H17N3OS2. The summed E-state index contributed by atoms with van der Waals surface area (Å²) in [4.78, 5) is 19.9. The van der Waals surface area contributed by atoms with Gasteiger partial charge in [-0.3, -0.25) is 4.79 Å². The fraction of sp³-hybridized carbons (Fsp3) is 0.267. The van der Waals surface area contributed by atoms with Crippen LogP contribution in [-0.2, 0) is 0 Å². The molecule has 0 aliphatic heterocycles. The van der Waals surface area contributed by atoms with Crippen LogP contribution in [0.1, 0.15) is 26.8 Å². The van der Waals surface area contributed by atoms with Crippen LogP contribution in [0.2, 0.25) is 0 Å². The fourth-order valence-corrected chi connectivity index (χ4v) is 2.99. The summed E-state index contributed by atoms with van der Waals surface area (Å²) in [6, 6.07) is 9.53. The number of benzene rings is 1. The molecule has 0 aliphatic rings. The molecule has 0 atom stereocenters. The number of aromatic nitrogens is 1. The van der Waals surface area contributed by atoms with Gasteiger partial charge in [-0.2, -0.15) is 0 Å². The Morgan fingerprint density at radius 1 is 1.33 bits per heavy atom. The van der Waals surface area contributed by atoms with Crippen molar-refractivity contribution in [3.05, 3.63) is 45.9 Å². The number of carbonyl (C=O) groups is 1. The molecule has 0 radical (unpaired) electrons. The second-order valence-corrected chi connectivity index (χ2v) is 6.38. The summed E-state index contributed by atoms with van der Waals surface area (Å²) in [6.45, 7) is 4.22. The highest BCUT2D eigenvalue weighted by Gasteiger charge is 2.22. The quantitative estimate of drug-likeness (QED) is 0.860. The standard InChI is InChI=1S/C15H17N3OS2/c1-10-14(21-11(2)17-10)15(19)18(9-8-13(16)20)12-6-4-3-5-7-12/h3-7H,8-9H2,1-2H3,(H2,16,20). The lowest BCUT2D eigenvalue weighted by atomic mass is 10.2. The summed E-state index contributed by atoms with van der Waals surface area (Å²) in [5, 5.41) is 0.887. The van der Waals surface area contributed by atoms with E-state index >= 15 is 0 Å². The predicted molar refractivity (Wildman–Crippen MR) is 91.1 cm³/mol. The highest BCUT2D eigenvalue weighted by Crippen LogP contribution is 2.23. The average molecular weight is 319 g/mol. The third kappa shape index (κ3) is 3.86. The minimum absolute atomic E-state index is 0.0550. The van der Waals surface area contributed by atoms with E-state index in [1.165, 1.54) is 11.3 Å². The summed E-state index contributed by atoms with van der Waals surface area (Å²) in [5.74, 6) is -0.0550. The number of para-hydroxylation sites is 1. The monoisotopic (exact) mass is 319 g/mol. The van der Waals surface area contributed by atoms with E-state index in [9.17, 15) is 4.79 Å². The molecule has 0 fully saturated rings. The van der Waals surface area contributed by atoms with Gasteiger partial charge in [-0.15, -0.1) is 11.3 Å². The zero-order valence-electron chi connectivity index (χ0n) is 12.0. The Hall–Kier alpha value is -1.79. The third-order valence-corrected chi connectivity index (χ3v) is 4.26. The van der Waals surface area contributed by atoms with Gasteiger partial charge in [-0.1, -0.05) is 30.4 Å². The van der Waals surface area contributed by atoms with Crippen LogP contribution < -0.4 is 10.6 Å². The number of nitrogens with zero attached hydrogens (tertiary/aromatic N) is 2. The number of amides is 1. The second-order valence-electron chi connectivity index (χ2n) is 4.66. The van der Waals surface area contributed by atoms with Crippen molar-refractivity contribution in [1.29, 1.82) is 0 Å². The highest BCUT2D eigenvalue weighted by molar-refractivity contribution is 7.80. The molecule has 0 unspecified atom stereocenters. The molecule has 1 aromatic carbocycles. The van der Waals surface area contributed by atoms with Crippen LogP contribution in [0, 0.1) is 13.8 Å². The first-order chi connectivity index (χ1) is 9.99. The molecule has 0 saturated heterocycles. The molecule has 1 amide bonds. The predicted octanol–water partition coefficient (Wildman–Crippen LogP) is 3.08. The number of rotatable bonds is 5. The first kappa shape index (κ1) is 15.6. The van der Waals surface area contributed by atoms with Gasteiger partial charge in [0.15, 0.2) is 0 Å². The molecule has 0 spiro atoms. The number of hydrogen-bond donors (Lipinski definition) is 1. The Morgan fingerprint density at radius 2 is 2.00 bits per heavy atom. The SMILES string of the molecule is Cc1nc(C)c(C(=O)N(CCC(N)=S)c2ccccc2)s1. The van der Waals surface area contributed by atoms with Crippen molar-refractivity contribution < 1.29 is 4.79 Å². The van der Waals surface area contributed by atoms with E-state index in [0.717, 1.165) is 16.4 Å². The lowest BCUT2D eigenvalue weighted by Gasteiger charge is -2.22. The van der Waals surface area contributed by atoms with E-state index in [1.807, 2.05) is 44.2 Å². The van der Waals surface area contributed by atoms with Crippen LogP contribution in [0.5, 0.6) is 0 Å². The van der Waals surface area contributed by atoms with Crippen molar-refractivity contribution in [2.75, 3.05) is 11.4 Å². The lowest BCUT2D eigenvalue weighted by molar-refractivity contribution is 0.0991. The van der Waals surface area contributed by atoms with Crippen LogP contribution in [0.15, 0.2) is 30.3 Å². The number of hydrogen-bond acceptors (Lipinski definition) is 4. The Kier molecular flexibility index (Phi) is 5.03. The Balaban J connectivity index is 2.32. The number of anilines is 1. The van der Waals surface area contributed by atoms with E-state index in [1.54, 1.807) is 4.90 Å². The number of aryl methyl sites for hydroxylation is 2. The van der Waals surface area contributed by atoms with Crippen molar-refractivity contribution in [3.8, 4) is 0 Å². The molecule has 0 aliphatic carbocycles. The fourth-order valence-electron chi connectivity index (χ4n) is 2.03. The van der Waals surface area contributed by atoms with Crippen molar-refractivity contribution in [3.63, 3.8) is 0 Å². The number of thiazole rings is 1. The molecule has 110 valence electrons. The minimum atomic E-state index is -0.0550. The van der Waals surface area contributed by atoms with E-state index in [-0.39, 0.29) is 5.91 Å². The van der Waals surface area contributed by atoms with Crippen LogP contribution >= 0.6 is 23.6 Å². The van der Waals surface area contributed by atoms with E-state index in [2.05, 4.69) is 4.98 Å². The van der Waals surface area contributed by atoms with E-state index in [4.69, 9.17) is 18.0 Å². The van der Waals surface area contributed by atoms with Gasteiger partial charge < -0.3 is 10.6 Å². The number of thiocarbonyl (C=S) groups is 1. The van der Waals surface area contributed by atoms with E-state index in [0.29, 0.717) is 22.8 Å². The molecule has 1 heterocycles. The van der Waals surface area contributed by atoms with Gasteiger partial charge in [-0.05, 0) is 26.0 Å². The van der Waals surface area contributed by atoms with Gasteiger partial charge in [0, 0.05) is 18.7 Å². The maximum Gasteiger partial charge on any atom is 0.270 e. The molecule has 4 nitrogen and oxygen atoms in total. The van der Waals surface area contributed by atoms with Gasteiger partial charge in [0.25, 0.3) is 5.91 Å². The summed E-state index contributed by atoms with van der Waals surface area (Å²) in [7, 11) is 0. The Labute approximate surface area is 133 Å². The molecule has 0 bridgehead atoms. The van der Waals surface area contributed by atoms with Crippen LogP contribution in [-0.4, -0.2) is 22.4 Å². The van der Waals surface area contributed by atoms with Crippen LogP contribution in [0.3, 0.4) is 0 Å². The number of carbonyl (C=O) groups excluding carboxylic acids is 1. The normalized spacial score (nSPS) is 10.4. The van der Waals surface area contributed by atoms with Gasteiger partial charge >= 0.3 is 0 Å². The van der Waals surface area contributed by atoms with Crippen LogP contribution in [0.25, 0.3) is 0 Å². The molecule has 6 heteroatoms. The molecule has 2 N–H and O–H groups in total. The van der Waals surface area contributed by atoms with Gasteiger partial charge in [0.05, 0.1) is 15.7 Å². The average Bonchev–Trinajstić information content (AvgIpc) is 2.78. The first-order valence-corrected chi connectivity index (χ1v) is 7.80.